The second kappa shape index (κ2) is 6.38. The first-order chi connectivity index (χ1) is 12.3. The normalized spacial score (nSPS) is 12.8. The zero-order chi connectivity index (χ0) is 19.1. The molecule has 3 rings (SSSR count). The van der Waals surface area contributed by atoms with E-state index < -0.39 is 20.2 Å². The predicted molar refractivity (Wildman–Crippen MR) is 99.6 cm³/mol. The first-order valence-electron chi connectivity index (χ1n) is 7.83. The summed E-state index contributed by atoms with van der Waals surface area (Å²) in [6.07, 6.45) is 1.33. The molecule has 0 saturated heterocycles. The van der Waals surface area contributed by atoms with Gasteiger partial charge in [0, 0.05) is 17.5 Å². The van der Waals surface area contributed by atoms with Gasteiger partial charge in [0.25, 0.3) is 15.7 Å². The van der Waals surface area contributed by atoms with E-state index in [0.717, 1.165) is 9.65 Å². The molecule has 1 aromatic heterocycles. The van der Waals surface area contributed by atoms with Crippen molar-refractivity contribution in [1.29, 1.82) is 0 Å². The molecule has 0 spiro atoms. The summed E-state index contributed by atoms with van der Waals surface area (Å²) in [5, 5.41) is 14.7. The van der Waals surface area contributed by atoms with Crippen LogP contribution in [-0.4, -0.2) is 22.5 Å². The number of nitrogens with zero attached hydrogens (tertiary/aromatic N) is 3. The number of nitro groups is 1. The number of hydrogen-bond donors (Lipinski definition) is 0. The number of aromatic nitrogens is 2. The van der Waals surface area contributed by atoms with Crippen LogP contribution in [0.5, 0.6) is 0 Å². The fourth-order valence-corrected chi connectivity index (χ4v) is 4.45. The Bertz CT molecular complexity index is 1120. The van der Waals surface area contributed by atoms with Crippen LogP contribution in [0.15, 0.2) is 55.1 Å². The van der Waals surface area contributed by atoms with E-state index in [0.29, 0.717) is 16.6 Å². The van der Waals surface area contributed by atoms with Gasteiger partial charge < -0.3 is 0 Å². The van der Waals surface area contributed by atoms with Gasteiger partial charge in [-0.2, -0.15) is 9.19 Å². The number of rotatable bonds is 5. The highest BCUT2D eigenvalue weighted by Crippen LogP contribution is 2.30. The Morgan fingerprint density at radius 1 is 1.19 bits per heavy atom. The minimum atomic E-state index is -4.00. The summed E-state index contributed by atoms with van der Waals surface area (Å²) in [5.74, 6) is 0. The van der Waals surface area contributed by atoms with Gasteiger partial charge in [-0.1, -0.05) is 35.9 Å². The van der Waals surface area contributed by atoms with Crippen LogP contribution < -0.4 is 0 Å². The molecule has 2 aromatic carbocycles. The lowest BCUT2D eigenvalue weighted by Gasteiger charge is -2.15. The third kappa shape index (κ3) is 2.88. The van der Waals surface area contributed by atoms with Crippen LogP contribution in [0.1, 0.15) is 22.1 Å². The van der Waals surface area contributed by atoms with E-state index in [1.807, 2.05) is 19.1 Å². The Hall–Kier alpha value is -3.00. The van der Waals surface area contributed by atoms with Crippen LogP contribution in [-0.2, 0) is 10.0 Å². The molecule has 0 aliphatic rings. The van der Waals surface area contributed by atoms with E-state index in [1.165, 1.54) is 24.3 Å². The minimum Gasteiger partial charge on any atom is -0.258 e. The lowest BCUT2D eigenvalue weighted by Crippen LogP contribution is -2.21. The maximum Gasteiger partial charge on any atom is 0.271 e. The Morgan fingerprint density at radius 3 is 2.42 bits per heavy atom. The van der Waals surface area contributed by atoms with E-state index in [2.05, 4.69) is 11.7 Å². The molecule has 0 radical (unpaired) electrons. The molecule has 8 heteroatoms. The fourth-order valence-electron chi connectivity index (χ4n) is 2.83. The van der Waals surface area contributed by atoms with Crippen LogP contribution in [0.2, 0.25) is 0 Å². The van der Waals surface area contributed by atoms with Crippen LogP contribution in [0.25, 0.3) is 10.9 Å². The molecule has 1 atom stereocenters. The third-order valence-corrected chi connectivity index (χ3v) is 6.08. The average Bonchev–Trinajstić information content (AvgIpc) is 2.94. The van der Waals surface area contributed by atoms with Gasteiger partial charge in [0.15, 0.2) is 0 Å². The van der Waals surface area contributed by atoms with Crippen molar-refractivity contribution < 1.29 is 13.3 Å². The second-order valence-electron chi connectivity index (χ2n) is 6.00. The van der Waals surface area contributed by atoms with E-state index in [4.69, 9.17) is 0 Å². The van der Waals surface area contributed by atoms with E-state index in [9.17, 15) is 18.5 Å². The van der Waals surface area contributed by atoms with Crippen molar-refractivity contribution in [3.05, 3.63) is 82.1 Å². The van der Waals surface area contributed by atoms with Gasteiger partial charge in [0.2, 0.25) is 0 Å². The molecule has 0 bridgehead atoms. The van der Waals surface area contributed by atoms with E-state index in [-0.39, 0.29) is 11.2 Å². The van der Waals surface area contributed by atoms with Crippen molar-refractivity contribution in [3.8, 4) is 0 Å². The smallest absolute Gasteiger partial charge is 0.258 e. The highest BCUT2D eigenvalue weighted by atomic mass is 32.2. The summed E-state index contributed by atoms with van der Waals surface area (Å²) in [6, 6.07) is 11.1. The zero-order valence-corrected chi connectivity index (χ0v) is 15.1. The quantitative estimate of drug-likeness (QED) is 0.387. The number of hydrogen-bond acceptors (Lipinski definition) is 5. The summed E-state index contributed by atoms with van der Waals surface area (Å²) >= 11 is 0. The molecule has 7 nitrogen and oxygen atoms in total. The Kier molecular flexibility index (Phi) is 4.37. The van der Waals surface area contributed by atoms with Crippen molar-refractivity contribution >= 4 is 26.6 Å². The number of aryl methyl sites for hydroxylation is 2. The topological polar surface area (TPSA) is 95.1 Å². The van der Waals surface area contributed by atoms with Gasteiger partial charge >= 0.3 is 0 Å². The van der Waals surface area contributed by atoms with Crippen LogP contribution in [0.4, 0.5) is 5.69 Å². The minimum absolute atomic E-state index is 0.177. The molecule has 0 saturated carbocycles. The molecule has 134 valence electrons. The molecule has 0 amide bonds. The van der Waals surface area contributed by atoms with Crippen molar-refractivity contribution in [2.75, 3.05) is 0 Å². The number of fused-ring (bicyclic) bond motifs is 1. The van der Waals surface area contributed by atoms with Gasteiger partial charge in [-0.25, -0.2) is 8.42 Å². The van der Waals surface area contributed by atoms with Crippen LogP contribution in [0.3, 0.4) is 0 Å². The van der Waals surface area contributed by atoms with Gasteiger partial charge in [0.05, 0.1) is 16.1 Å². The maximum absolute atomic E-state index is 13.2. The molecule has 26 heavy (non-hydrogen) atoms. The van der Waals surface area contributed by atoms with E-state index >= 15 is 0 Å². The number of benzene rings is 2. The Labute approximate surface area is 150 Å². The largest absolute Gasteiger partial charge is 0.271 e. The second-order valence-corrected chi connectivity index (χ2v) is 7.88. The summed E-state index contributed by atoms with van der Waals surface area (Å²) in [6.45, 7) is 7.22. The standard InChI is InChI=1S/C18H17N3O4S/c1-4-18(14-7-5-12(2)6-8-14)26(24,25)20-17-11-15(21(22)23)9-10-16(17)13(3)19-20/h4-11,18H,1H2,2-3H3. The molecule has 0 N–H and O–H groups in total. The monoisotopic (exact) mass is 371 g/mol. The molecule has 0 fully saturated rings. The van der Waals surface area contributed by atoms with Gasteiger partial charge in [-0.05, 0) is 25.5 Å². The first kappa shape index (κ1) is 17.8. The molecule has 1 heterocycles. The molecular formula is C18H17N3O4S. The molecule has 0 aliphatic carbocycles. The first-order valence-corrected chi connectivity index (χ1v) is 9.33. The lowest BCUT2D eigenvalue weighted by atomic mass is 10.1. The molecule has 1 unspecified atom stereocenters. The van der Waals surface area contributed by atoms with Crippen molar-refractivity contribution in [2.24, 2.45) is 0 Å². The summed E-state index contributed by atoms with van der Waals surface area (Å²) < 4.78 is 27.3. The molecule has 3 aromatic rings. The molecule has 0 aliphatic heterocycles. The highest BCUT2D eigenvalue weighted by molar-refractivity contribution is 7.90. The van der Waals surface area contributed by atoms with Gasteiger partial charge in [-0.3, -0.25) is 10.1 Å². The predicted octanol–water partition coefficient (Wildman–Crippen LogP) is 3.67. The van der Waals surface area contributed by atoms with Gasteiger partial charge in [0.1, 0.15) is 5.25 Å². The fraction of sp³-hybridized carbons (Fsp3) is 0.167. The zero-order valence-electron chi connectivity index (χ0n) is 14.3. The highest BCUT2D eigenvalue weighted by Gasteiger charge is 2.30. The SMILES string of the molecule is C=CC(c1ccc(C)cc1)S(=O)(=O)n1nc(C)c2ccc([N+](=O)[O-])cc21. The number of nitro benzene ring substituents is 1. The van der Waals surface area contributed by atoms with E-state index in [1.54, 1.807) is 19.1 Å². The Morgan fingerprint density at radius 2 is 1.85 bits per heavy atom. The average molecular weight is 371 g/mol. The van der Waals surface area contributed by atoms with Gasteiger partial charge in [-0.15, -0.1) is 6.58 Å². The van der Waals surface area contributed by atoms with Crippen LogP contribution >= 0.6 is 0 Å². The summed E-state index contributed by atoms with van der Waals surface area (Å²) in [4.78, 5) is 10.5. The molecular weight excluding hydrogens is 354 g/mol. The third-order valence-electron chi connectivity index (χ3n) is 4.21. The van der Waals surface area contributed by atoms with Crippen molar-refractivity contribution in [1.82, 2.24) is 9.19 Å². The van der Waals surface area contributed by atoms with Crippen molar-refractivity contribution in [2.45, 2.75) is 19.1 Å². The summed E-state index contributed by atoms with van der Waals surface area (Å²) in [5.41, 5.74) is 2.02. The lowest BCUT2D eigenvalue weighted by molar-refractivity contribution is -0.384. The summed E-state index contributed by atoms with van der Waals surface area (Å²) in [7, 11) is -4.00. The number of non-ortho nitro benzene ring substituents is 1. The van der Waals surface area contributed by atoms with Crippen molar-refractivity contribution in [3.63, 3.8) is 0 Å². The van der Waals surface area contributed by atoms with Crippen LogP contribution in [0, 0.1) is 24.0 Å². The Balaban J connectivity index is 2.22. The maximum atomic E-state index is 13.2.